The van der Waals surface area contributed by atoms with E-state index in [2.05, 4.69) is 5.32 Å². The summed E-state index contributed by atoms with van der Waals surface area (Å²) in [6.45, 7) is 4.25. The lowest BCUT2D eigenvalue weighted by atomic mass is 9.83. The van der Waals surface area contributed by atoms with E-state index in [1.54, 1.807) is 61.5 Å². The molecule has 6 nitrogen and oxygen atoms in total. The number of ether oxygens (including phenoxy) is 1. The Balaban J connectivity index is 1.47. The average Bonchev–Trinajstić information content (AvgIpc) is 2.96. The molecule has 2 N–H and O–H groups in total. The molecule has 3 aromatic carbocycles. The Morgan fingerprint density at radius 2 is 1.77 bits per heavy atom. The SMILES string of the molecule is CCOC(=O)c1cc(C2CCCCC2)ccc1S(=O)(=O)c1ccc(C[C@@H](C)NC[C@@H](O)c2cccc(Cl)c2)cc1. The fourth-order valence-electron chi connectivity index (χ4n) is 5.34. The topological polar surface area (TPSA) is 92.7 Å². The highest BCUT2D eigenvalue weighted by molar-refractivity contribution is 7.91. The van der Waals surface area contributed by atoms with Crippen LogP contribution in [0.1, 0.15) is 85.0 Å². The molecule has 1 fully saturated rings. The standard InChI is InChI=1S/C32H38ClNO5S/c1-3-39-32(36)29-20-25(24-8-5-4-6-9-24)14-17-31(29)40(37,38)28-15-12-23(13-16-28)18-22(2)34-21-30(35)26-10-7-11-27(33)19-26/h7,10-17,19-20,22,24,30,34-35H,3-6,8-9,18,21H2,1-2H3/t22-,30-/m1/s1. The highest BCUT2D eigenvalue weighted by atomic mass is 35.5. The second-order valence-corrected chi connectivity index (χ2v) is 12.9. The van der Waals surface area contributed by atoms with Gasteiger partial charge in [0.25, 0.3) is 0 Å². The average molecular weight is 584 g/mol. The Bertz CT molecular complexity index is 1400. The zero-order valence-electron chi connectivity index (χ0n) is 23.1. The second-order valence-electron chi connectivity index (χ2n) is 10.5. The number of sulfone groups is 1. The summed E-state index contributed by atoms with van der Waals surface area (Å²) in [5.74, 6) is -0.282. The lowest BCUT2D eigenvalue weighted by Crippen LogP contribution is -2.32. The molecular weight excluding hydrogens is 546 g/mol. The van der Waals surface area contributed by atoms with Gasteiger partial charge in [0, 0.05) is 17.6 Å². The van der Waals surface area contributed by atoms with E-state index in [1.807, 2.05) is 19.1 Å². The van der Waals surface area contributed by atoms with Gasteiger partial charge >= 0.3 is 5.97 Å². The zero-order chi connectivity index (χ0) is 28.7. The molecule has 0 amide bonds. The fraction of sp³-hybridized carbons (Fsp3) is 0.406. The number of nitrogens with one attached hydrogen (secondary N) is 1. The molecule has 4 rings (SSSR count). The van der Waals surface area contributed by atoms with Gasteiger partial charge in [0.2, 0.25) is 9.84 Å². The quantitative estimate of drug-likeness (QED) is 0.245. The molecule has 40 heavy (non-hydrogen) atoms. The van der Waals surface area contributed by atoms with Gasteiger partial charge in [-0.15, -0.1) is 0 Å². The van der Waals surface area contributed by atoms with E-state index in [-0.39, 0.29) is 28.0 Å². The maximum absolute atomic E-state index is 13.7. The number of halogens is 1. The van der Waals surface area contributed by atoms with Crippen LogP contribution in [0.3, 0.4) is 0 Å². The van der Waals surface area contributed by atoms with Gasteiger partial charge in [0.15, 0.2) is 0 Å². The third kappa shape index (κ3) is 7.52. The minimum absolute atomic E-state index is 0.0247. The molecule has 214 valence electrons. The first-order valence-electron chi connectivity index (χ1n) is 14.0. The lowest BCUT2D eigenvalue weighted by molar-refractivity contribution is 0.0521. The highest BCUT2D eigenvalue weighted by Gasteiger charge is 2.27. The molecule has 0 saturated heterocycles. The van der Waals surface area contributed by atoms with Gasteiger partial charge in [0.05, 0.1) is 28.1 Å². The van der Waals surface area contributed by atoms with Gasteiger partial charge < -0.3 is 15.2 Å². The Hall–Kier alpha value is -2.71. The number of hydrogen-bond acceptors (Lipinski definition) is 6. The van der Waals surface area contributed by atoms with Gasteiger partial charge in [-0.3, -0.25) is 0 Å². The van der Waals surface area contributed by atoms with Crippen LogP contribution in [0.2, 0.25) is 5.02 Å². The Labute approximate surface area is 242 Å². The van der Waals surface area contributed by atoms with E-state index in [0.717, 1.165) is 42.4 Å². The summed E-state index contributed by atoms with van der Waals surface area (Å²) in [5, 5.41) is 14.4. The van der Waals surface area contributed by atoms with E-state index < -0.39 is 21.9 Å². The number of rotatable bonds is 11. The molecule has 0 spiro atoms. The summed E-state index contributed by atoms with van der Waals surface area (Å²) in [4.78, 5) is 13.0. The van der Waals surface area contributed by atoms with E-state index in [4.69, 9.17) is 16.3 Å². The molecule has 0 unspecified atom stereocenters. The van der Waals surface area contributed by atoms with E-state index in [1.165, 1.54) is 6.42 Å². The zero-order valence-corrected chi connectivity index (χ0v) is 24.7. The number of benzene rings is 3. The largest absolute Gasteiger partial charge is 0.462 e. The summed E-state index contributed by atoms with van der Waals surface area (Å²) in [6, 6.07) is 19.1. The smallest absolute Gasteiger partial charge is 0.339 e. The number of hydrogen-bond donors (Lipinski definition) is 2. The van der Waals surface area contributed by atoms with Crippen molar-refractivity contribution < 1.29 is 23.1 Å². The summed E-state index contributed by atoms with van der Waals surface area (Å²) >= 11 is 6.02. The first kappa shape index (κ1) is 30.3. The summed E-state index contributed by atoms with van der Waals surface area (Å²) in [7, 11) is -3.94. The van der Waals surface area contributed by atoms with Crippen molar-refractivity contribution in [2.24, 2.45) is 0 Å². The van der Waals surface area contributed by atoms with Crippen molar-refractivity contribution in [3.8, 4) is 0 Å². The number of aliphatic hydroxyl groups excluding tert-OH is 1. The van der Waals surface area contributed by atoms with Crippen LogP contribution in [-0.4, -0.2) is 38.7 Å². The molecule has 1 aliphatic rings. The Morgan fingerprint density at radius 3 is 2.45 bits per heavy atom. The number of aliphatic hydroxyl groups is 1. The third-order valence-corrected chi connectivity index (χ3v) is 9.60. The van der Waals surface area contributed by atoms with Crippen molar-refractivity contribution in [1.82, 2.24) is 5.32 Å². The molecule has 0 bridgehead atoms. The van der Waals surface area contributed by atoms with Crippen molar-refractivity contribution in [2.75, 3.05) is 13.2 Å². The third-order valence-electron chi connectivity index (χ3n) is 7.53. The molecule has 1 saturated carbocycles. The molecule has 0 radical (unpaired) electrons. The minimum atomic E-state index is -3.94. The van der Waals surface area contributed by atoms with Crippen LogP contribution in [0.15, 0.2) is 76.5 Å². The highest BCUT2D eigenvalue weighted by Crippen LogP contribution is 2.35. The maximum atomic E-state index is 13.7. The van der Waals surface area contributed by atoms with Crippen molar-refractivity contribution >= 4 is 27.4 Å². The summed E-state index contributed by atoms with van der Waals surface area (Å²) < 4.78 is 32.6. The molecule has 0 aliphatic heterocycles. The molecule has 8 heteroatoms. The number of esters is 1. The predicted molar refractivity (Wildman–Crippen MR) is 158 cm³/mol. The molecule has 0 heterocycles. The van der Waals surface area contributed by atoms with E-state index >= 15 is 0 Å². The fourth-order valence-corrected chi connectivity index (χ4v) is 6.97. The normalized spacial score (nSPS) is 15.9. The second kappa shape index (κ2) is 13.8. The van der Waals surface area contributed by atoms with Crippen LogP contribution in [0.5, 0.6) is 0 Å². The monoisotopic (exact) mass is 583 g/mol. The van der Waals surface area contributed by atoms with Gasteiger partial charge in [0.1, 0.15) is 0 Å². The lowest BCUT2D eigenvalue weighted by Gasteiger charge is -2.23. The van der Waals surface area contributed by atoms with Gasteiger partial charge in [-0.25, -0.2) is 13.2 Å². The summed E-state index contributed by atoms with van der Waals surface area (Å²) in [5.41, 5.74) is 2.80. The molecule has 0 aromatic heterocycles. The van der Waals surface area contributed by atoms with Crippen LogP contribution in [0, 0.1) is 0 Å². The van der Waals surface area contributed by atoms with Crippen molar-refractivity contribution in [3.63, 3.8) is 0 Å². The first-order chi connectivity index (χ1) is 19.2. The van der Waals surface area contributed by atoms with Gasteiger partial charge in [-0.2, -0.15) is 0 Å². The van der Waals surface area contributed by atoms with Crippen LogP contribution in [0.4, 0.5) is 0 Å². The van der Waals surface area contributed by atoms with Crippen LogP contribution in [0.25, 0.3) is 0 Å². The van der Waals surface area contributed by atoms with Crippen LogP contribution >= 0.6 is 11.6 Å². The maximum Gasteiger partial charge on any atom is 0.339 e. The number of carbonyl (C=O) groups is 1. The van der Waals surface area contributed by atoms with E-state index in [9.17, 15) is 18.3 Å². The predicted octanol–water partition coefficient (Wildman–Crippen LogP) is 6.65. The Morgan fingerprint density at radius 1 is 1.05 bits per heavy atom. The molecule has 3 aromatic rings. The van der Waals surface area contributed by atoms with Crippen LogP contribution in [-0.2, 0) is 21.0 Å². The van der Waals surface area contributed by atoms with E-state index in [0.29, 0.717) is 23.9 Å². The van der Waals surface area contributed by atoms with Crippen molar-refractivity contribution in [1.29, 1.82) is 0 Å². The van der Waals surface area contributed by atoms with Crippen LogP contribution < -0.4 is 5.32 Å². The first-order valence-corrected chi connectivity index (χ1v) is 15.9. The van der Waals surface area contributed by atoms with Gasteiger partial charge in [-0.05, 0) is 92.1 Å². The molecule has 1 aliphatic carbocycles. The number of carbonyl (C=O) groups excluding carboxylic acids is 1. The minimum Gasteiger partial charge on any atom is -0.462 e. The Kier molecular flexibility index (Phi) is 10.4. The molecule has 2 atom stereocenters. The molecular formula is C32H38ClNO5S. The van der Waals surface area contributed by atoms with Crippen molar-refractivity contribution in [2.45, 2.75) is 80.2 Å². The van der Waals surface area contributed by atoms with Crippen molar-refractivity contribution in [3.05, 3.63) is 94.0 Å². The summed E-state index contributed by atoms with van der Waals surface area (Å²) in [6.07, 6.45) is 5.54. The van der Waals surface area contributed by atoms with Gasteiger partial charge in [-0.1, -0.05) is 61.2 Å².